The van der Waals surface area contributed by atoms with Gasteiger partial charge < -0.3 is 15.1 Å². The third-order valence-electron chi connectivity index (χ3n) is 4.52. The van der Waals surface area contributed by atoms with Gasteiger partial charge in [0, 0.05) is 24.7 Å². The minimum atomic E-state index is -1.31. The van der Waals surface area contributed by atoms with Crippen molar-refractivity contribution in [3.05, 3.63) is 69.7 Å². The molecule has 3 rings (SSSR count). The van der Waals surface area contributed by atoms with Gasteiger partial charge in [-0.15, -0.1) is 0 Å². The molecule has 5 nitrogen and oxygen atoms in total. The number of benzene rings is 1. The molecule has 1 aliphatic heterocycles. The lowest BCUT2D eigenvalue weighted by atomic mass is 9.84. The van der Waals surface area contributed by atoms with Gasteiger partial charge in [0.15, 0.2) is 5.78 Å². The Morgan fingerprint density at radius 3 is 2.85 bits per heavy atom. The van der Waals surface area contributed by atoms with E-state index in [0.29, 0.717) is 17.6 Å². The number of aliphatic hydroxyl groups is 1. The maximum Gasteiger partial charge on any atom is 0.341 e. The van der Waals surface area contributed by atoms with Crippen LogP contribution < -0.4 is 0 Å². The molecule has 0 saturated carbocycles. The Kier molecular flexibility index (Phi) is 5.25. The van der Waals surface area contributed by atoms with Gasteiger partial charge in [-0.3, -0.25) is 4.79 Å². The fourth-order valence-corrected chi connectivity index (χ4v) is 3.46. The molecule has 2 N–H and O–H groups in total. The number of hydrogen-bond donors (Lipinski definition) is 2. The molecular formula is C19H17ClFNO4. The van der Waals surface area contributed by atoms with Gasteiger partial charge in [-0.25, -0.2) is 9.18 Å². The molecule has 0 saturated heterocycles. The fourth-order valence-electron chi connectivity index (χ4n) is 3.26. The van der Waals surface area contributed by atoms with Crippen molar-refractivity contribution in [2.24, 2.45) is 0 Å². The predicted molar refractivity (Wildman–Crippen MR) is 94.2 cm³/mol. The van der Waals surface area contributed by atoms with Crippen LogP contribution in [0.15, 0.2) is 53.3 Å². The first-order valence-corrected chi connectivity index (χ1v) is 8.50. The van der Waals surface area contributed by atoms with Crippen LogP contribution in [0.4, 0.5) is 4.39 Å². The number of nitrogens with zero attached hydrogens (tertiary/aromatic N) is 1. The lowest BCUT2D eigenvalue weighted by Gasteiger charge is -2.37. The number of aliphatic carboxylic acids is 1. The summed E-state index contributed by atoms with van der Waals surface area (Å²) in [5.41, 5.74) is 1.14. The second-order valence-corrected chi connectivity index (χ2v) is 6.57. The maximum absolute atomic E-state index is 14.1. The highest BCUT2D eigenvalue weighted by molar-refractivity contribution is 6.30. The lowest BCUT2D eigenvalue weighted by molar-refractivity contribution is -0.134. The summed E-state index contributed by atoms with van der Waals surface area (Å²) in [6.45, 7) is 0.0594. The number of ketones is 1. The van der Waals surface area contributed by atoms with Crippen LogP contribution >= 0.6 is 11.6 Å². The molecule has 0 bridgehead atoms. The molecule has 1 atom stereocenters. The summed E-state index contributed by atoms with van der Waals surface area (Å²) in [6.07, 6.45) is 5.53. The van der Waals surface area contributed by atoms with Gasteiger partial charge in [0.25, 0.3) is 0 Å². The molecule has 1 heterocycles. The number of aliphatic hydroxyl groups excluding tert-OH is 1. The van der Waals surface area contributed by atoms with E-state index < -0.39 is 17.6 Å². The van der Waals surface area contributed by atoms with Gasteiger partial charge in [0.05, 0.1) is 17.7 Å². The zero-order chi connectivity index (χ0) is 18.8. The molecule has 0 spiro atoms. The smallest absolute Gasteiger partial charge is 0.341 e. The molecular weight excluding hydrogens is 361 g/mol. The monoisotopic (exact) mass is 377 g/mol. The van der Waals surface area contributed by atoms with Crippen LogP contribution in [-0.2, 0) is 16.0 Å². The molecule has 1 aromatic carbocycles. The Morgan fingerprint density at radius 1 is 1.38 bits per heavy atom. The second-order valence-electron chi connectivity index (χ2n) is 6.16. The van der Waals surface area contributed by atoms with Gasteiger partial charge in [0.2, 0.25) is 0 Å². The molecule has 1 aliphatic carbocycles. The highest BCUT2D eigenvalue weighted by Gasteiger charge is 2.36. The Bertz CT molecular complexity index is 859. The second kappa shape index (κ2) is 7.43. The molecule has 2 aliphatic rings. The van der Waals surface area contributed by atoms with Crippen LogP contribution in [0.25, 0.3) is 0 Å². The van der Waals surface area contributed by atoms with Crippen molar-refractivity contribution in [3.8, 4) is 0 Å². The normalized spacial score (nSPS) is 19.5. The number of rotatable bonds is 5. The first kappa shape index (κ1) is 18.4. The number of carbonyl (C=O) groups is 2. The third-order valence-corrected chi connectivity index (χ3v) is 4.81. The summed E-state index contributed by atoms with van der Waals surface area (Å²) < 4.78 is 14.1. The number of halogens is 2. The van der Waals surface area contributed by atoms with Crippen LogP contribution in [0, 0.1) is 5.82 Å². The molecule has 0 aromatic heterocycles. The van der Waals surface area contributed by atoms with E-state index in [4.69, 9.17) is 11.6 Å². The summed E-state index contributed by atoms with van der Waals surface area (Å²) in [7, 11) is 0. The van der Waals surface area contributed by atoms with E-state index in [9.17, 15) is 24.2 Å². The van der Waals surface area contributed by atoms with Crippen LogP contribution in [0.2, 0.25) is 5.02 Å². The first-order valence-electron chi connectivity index (χ1n) is 8.12. The van der Waals surface area contributed by atoms with Crippen molar-refractivity contribution >= 4 is 23.4 Å². The minimum absolute atomic E-state index is 0.0309. The predicted octanol–water partition coefficient (Wildman–Crippen LogP) is 2.49. The number of hydrogen-bond acceptors (Lipinski definition) is 4. The average molecular weight is 378 g/mol. The molecule has 1 aromatic rings. The van der Waals surface area contributed by atoms with E-state index in [2.05, 4.69) is 0 Å². The summed E-state index contributed by atoms with van der Waals surface area (Å²) in [4.78, 5) is 25.6. The Hall–Kier alpha value is -2.44. The van der Waals surface area contributed by atoms with Crippen molar-refractivity contribution < 1.29 is 24.2 Å². The summed E-state index contributed by atoms with van der Waals surface area (Å²) in [6, 6.07) is 4.41. The van der Waals surface area contributed by atoms with E-state index in [1.807, 2.05) is 6.08 Å². The summed E-state index contributed by atoms with van der Waals surface area (Å²) in [5.74, 6) is -2.36. The van der Waals surface area contributed by atoms with E-state index in [0.717, 1.165) is 5.57 Å². The third kappa shape index (κ3) is 3.43. The van der Waals surface area contributed by atoms with Crippen molar-refractivity contribution in [2.75, 3.05) is 13.2 Å². The van der Waals surface area contributed by atoms with Crippen molar-refractivity contribution in [3.63, 3.8) is 0 Å². The van der Waals surface area contributed by atoms with E-state index in [1.54, 1.807) is 23.1 Å². The van der Waals surface area contributed by atoms with Crippen molar-refractivity contribution in [1.29, 1.82) is 0 Å². The van der Waals surface area contributed by atoms with Crippen LogP contribution in [0.1, 0.15) is 12.0 Å². The van der Waals surface area contributed by atoms with E-state index >= 15 is 0 Å². The number of Topliss-reactive ketones (excluding diaryl/α,β-unsaturated/α-hetero) is 1. The molecule has 26 heavy (non-hydrogen) atoms. The Balaban J connectivity index is 1.92. The zero-order valence-electron chi connectivity index (χ0n) is 13.8. The van der Waals surface area contributed by atoms with Crippen molar-refractivity contribution in [2.45, 2.75) is 18.9 Å². The van der Waals surface area contributed by atoms with Crippen LogP contribution in [-0.4, -0.2) is 46.1 Å². The largest absolute Gasteiger partial charge is 0.477 e. The maximum atomic E-state index is 14.1. The number of carboxylic acids is 1. The van der Waals surface area contributed by atoms with Gasteiger partial charge in [-0.2, -0.15) is 0 Å². The number of β-amino-alcohol motifs (C(OH)–C–C–N with tert-alkyl or cyclic N) is 1. The number of allylic oxidation sites excluding steroid dienone is 2. The molecule has 0 amide bonds. The van der Waals surface area contributed by atoms with Crippen LogP contribution in [0.5, 0.6) is 0 Å². The Morgan fingerprint density at radius 2 is 2.15 bits per heavy atom. The van der Waals surface area contributed by atoms with E-state index in [-0.39, 0.29) is 36.2 Å². The quantitative estimate of drug-likeness (QED) is 0.771. The number of carbonyl (C=O) groups excluding carboxylic acids is 1. The topological polar surface area (TPSA) is 77.8 Å². The molecule has 1 unspecified atom stereocenters. The van der Waals surface area contributed by atoms with Gasteiger partial charge in [-0.05, 0) is 29.7 Å². The van der Waals surface area contributed by atoms with Gasteiger partial charge in [-0.1, -0.05) is 29.8 Å². The number of carboxylic acid groups (broad SMARTS) is 1. The lowest BCUT2D eigenvalue weighted by Crippen LogP contribution is -2.43. The average Bonchev–Trinajstić information content (AvgIpc) is 2.61. The summed E-state index contributed by atoms with van der Waals surface area (Å²) >= 11 is 5.81. The standard InChI is InChI=1S/C19H17ClFNO4/c20-15-3-1-2-12(17(15)21)8-11-4-5-16-13(9-11)18(24)14(19(25)26)10-22(16)6-7-23/h1-4,9-10,16,23H,5-8H2,(H,25,26). The Labute approximate surface area is 154 Å². The highest BCUT2D eigenvalue weighted by atomic mass is 35.5. The molecule has 136 valence electrons. The molecule has 0 radical (unpaired) electrons. The highest BCUT2D eigenvalue weighted by Crippen LogP contribution is 2.32. The molecule has 7 heteroatoms. The number of fused-ring (bicyclic) bond motifs is 1. The van der Waals surface area contributed by atoms with E-state index in [1.165, 1.54) is 12.3 Å². The summed E-state index contributed by atoms with van der Waals surface area (Å²) in [5, 5.41) is 18.5. The fraction of sp³-hybridized carbons (Fsp3) is 0.263. The van der Waals surface area contributed by atoms with Crippen LogP contribution in [0.3, 0.4) is 0 Å². The molecule has 0 fully saturated rings. The minimum Gasteiger partial charge on any atom is -0.477 e. The SMILES string of the molecule is O=C(O)C1=CN(CCO)C2CC=C(Cc3cccc(Cl)c3F)C=C2C1=O. The first-order chi connectivity index (χ1) is 12.4. The van der Waals surface area contributed by atoms with Crippen molar-refractivity contribution in [1.82, 2.24) is 4.90 Å². The van der Waals surface area contributed by atoms with Gasteiger partial charge >= 0.3 is 5.97 Å². The van der Waals surface area contributed by atoms with Gasteiger partial charge in [0.1, 0.15) is 11.4 Å². The zero-order valence-corrected chi connectivity index (χ0v) is 14.5.